The number of ether oxygens (including phenoxy) is 5. The number of anilines is 1. The van der Waals surface area contributed by atoms with Gasteiger partial charge >= 0.3 is 5.69 Å². The molecule has 50 heavy (non-hydrogen) atoms. The highest BCUT2D eigenvalue weighted by Gasteiger charge is 2.48. The summed E-state index contributed by atoms with van der Waals surface area (Å²) in [7, 11) is 4.66. The maximum atomic E-state index is 13.4. The van der Waals surface area contributed by atoms with Crippen LogP contribution in [0.1, 0.15) is 38.8 Å². The molecule has 0 spiro atoms. The highest BCUT2D eigenvalue weighted by molar-refractivity contribution is 6.04. The smallest absolute Gasteiger partial charge is 0.351 e. The third-order valence-electron chi connectivity index (χ3n) is 8.90. The molecule has 4 aromatic carbocycles. The Labute approximate surface area is 290 Å². The van der Waals surface area contributed by atoms with Gasteiger partial charge in [0.15, 0.2) is 6.23 Å². The summed E-state index contributed by atoms with van der Waals surface area (Å²) in [6.07, 6.45) is -2.51. The number of amides is 1. The minimum atomic E-state index is -1.17. The van der Waals surface area contributed by atoms with E-state index in [9.17, 15) is 14.7 Å². The molecule has 6 rings (SSSR count). The number of hydrogen-bond donors (Lipinski definition) is 2. The largest absolute Gasteiger partial charge is 0.497 e. The fourth-order valence-corrected chi connectivity index (χ4v) is 6.26. The summed E-state index contributed by atoms with van der Waals surface area (Å²) in [6.45, 7) is 1.63. The summed E-state index contributed by atoms with van der Waals surface area (Å²) in [5, 5.41) is 14.2. The van der Waals surface area contributed by atoms with Crippen LogP contribution in [0.3, 0.4) is 0 Å². The van der Waals surface area contributed by atoms with E-state index >= 15 is 0 Å². The molecular weight excluding hydrogens is 638 g/mol. The molecule has 1 fully saturated rings. The topological polar surface area (TPSA) is 130 Å². The number of nitrogens with zero attached hydrogens (tertiary/aromatic N) is 2. The van der Waals surface area contributed by atoms with E-state index in [1.807, 2.05) is 84.9 Å². The molecule has 0 aliphatic carbocycles. The normalized spacial score (nSPS) is 18.8. The van der Waals surface area contributed by atoms with Crippen molar-refractivity contribution < 1.29 is 33.6 Å². The van der Waals surface area contributed by atoms with E-state index < -0.39 is 41.7 Å². The second kappa shape index (κ2) is 15.1. The Balaban J connectivity index is 1.32. The molecule has 258 valence electrons. The molecule has 2 heterocycles. The number of nitrogens with one attached hydrogen (secondary N) is 1. The number of methoxy groups -OCH3 is 3. The van der Waals surface area contributed by atoms with Gasteiger partial charge in [-0.2, -0.15) is 4.98 Å². The Bertz CT molecular complexity index is 1900. The Morgan fingerprint density at radius 2 is 1.38 bits per heavy atom. The van der Waals surface area contributed by atoms with Crippen molar-refractivity contribution in [2.45, 2.75) is 37.1 Å². The van der Waals surface area contributed by atoms with Gasteiger partial charge in [0.1, 0.15) is 41.2 Å². The fourth-order valence-electron chi connectivity index (χ4n) is 6.26. The molecule has 1 saturated heterocycles. The molecule has 0 bridgehead atoms. The van der Waals surface area contributed by atoms with Crippen LogP contribution < -0.4 is 20.5 Å². The summed E-state index contributed by atoms with van der Waals surface area (Å²) in [4.78, 5) is 30.3. The highest BCUT2D eigenvalue weighted by atomic mass is 16.6. The van der Waals surface area contributed by atoms with Crippen LogP contribution in [0.25, 0.3) is 0 Å². The highest BCUT2D eigenvalue weighted by Crippen LogP contribution is 2.43. The van der Waals surface area contributed by atoms with Crippen molar-refractivity contribution in [3.63, 3.8) is 0 Å². The van der Waals surface area contributed by atoms with Gasteiger partial charge in [0.05, 0.1) is 20.8 Å². The minimum absolute atomic E-state index is 0.0865. The van der Waals surface area contributed by atoms with E-state index in [1.54, 1.807) is 45.4 Å². The molecule has 11 nitrogen and oxygen atoms in total. The molecular formula is C39H39N3O8. The van der Waals surface area contributed by atoms with Crippen molar-refractivity contribution in [3.05, 3.63) is 154 Å². The number of aliphatic hydroxyl groups excluding tert-OH is 1. The quantitative estimate of drug-likeness (QED) is 0.173. The summed E-state index contributed by atoms with van der Waals surface area (Å²) < 4.78 is 31.2. The average molecular weight is 678 g/mol. The Kier molecular flexibility index (Phi) is 10.4. The number of rotatable bonds is 12. The number of hydrogen-bond acceptors (Lipinski definition) is 9. The molecule has 1 aliphatic rings. The van der Waals surface area contributed by atoms with E-state index in [4.69, 9.17) is 23.7 Å². The number of carbonyl (C=O) groups excluding carboxylic acids is 1. The van der Waals surface area contributed by atoms with Crippen LogP contribution in [0.2, 0.25) is 0 Å². The zero-order chi connectivity index (χ0) is 35.3. The molecule has 4 atom stereocenters. The summed E-state index contributed by atoms with van der Waals surface area (Å²) in [6, 6.07) is 33.6. The molecule has 0 unspecified atom stereocenters. The van der Waals surface area contributed by atoms with Crippen LogP contribution in [0.5, 0.6) is 11.5 Å². The fraction of sp³-hybridized carbons (Fsp3) is 0.256. The maximum Gasteiger partial charge on any atom is 0.351 e. The summed E-state index contributed by atoms with van der Waals surface area (Å²) >= 11 is 0. The van der Waals surface area contributed by atoms with Gasteiger partial charge in [-0.15, -0.1) is 0 Å². The first-order valence-electron chi connectivity index (χ1n) is 16.1. The maximum absolute atomic E-state index is 13.4. The third-order valence-corrected chi connectivity index (χ3v) is 8.90. The van der Waals surface area contributed by atoms with Crippen LogP contribution >= 0.6 is 0 Å². The van der Waals surface area contributed by atoms with E-state index in [2.05, 4.69) is 10.3 Å². The zero-order valence-electron chi connectivity index (χ0n) is 28.2. The minimum Gasteiger partial charge on any atom is -0.497 e. The molecule has 2 N–H and O–H groups in total. The first kappa shape index (κ1) is 34.5. The van der Waals surface area contributed by atoms with Crippen LogP contribution in [0.15, 0.2) is 120 Å². The Morgan fingerprint density at radius 1 is 0.840 bits per heavy atom. The number of aryl methyl sites for hydroxylation is 1. The number of carbonyl (C=O) groups is 1. The van der Waals surface area contributed by atoms with Crippen LogP contribution in [0.4, 0.5) is 5.82 Å². The average Bonchev–Trinajstić information content (AvgIpc) is 3.48. The first-order chi connectivity index (χ1) is 24.3. The second-order valence-electron chi connectivity index (χ2n) is 11.9. The SMILES string of the molecule is COc1ccc(C(OC[C@H]2O[C@@H](n3cc(C)c(NC(=O)c4ccccc4)nc3=O)[C@H](OC)[C@@H]2O)(c2ccccc2)c2ccc(OC)cc2)cc1. The van der Waals surface area contributed by atoms with E-state index in [0.29, 0.717) is 22.6 Å². The van der Waals surface area contributed by atoms with Crippen molar-refractivity contribution in [3.8, 4) is 11.5 Å². The van der Waals surface area contributed by atoms with Gasteiger partial charge in [-0.1, -0.05) is 72.8 Å². The summed E-state index contributed by atoms with van der Waals surface area (Å²) in [5.74, 6) is 1.10. The first-order valence-corrected chi connectivity index (χ1v) is 16.1. The second-order valence-corrected chi connectivity index (χ2v) is 11.9. The monoisotopic (exact) mass is 677 g/mol. The van der Waals surface area contributed by atoms with Crippen molar-refractivity contribution in [1.29, 1.82) is 0 Å². The van der Waals surface area contributed by atoms with Gasteiger partial charge in [0, 0.05) is 24.4 Å². The predicted octanol–water partition coefficient (Wildman–Crippen LogP) is 5.10. The van der Waals surface area contributed by atoms with E-state index in [1.165, 1.54) is 17.9 Å². The van der Waals surface area contributed by atoms with Crippen molar-refractivity contribution in [2.75, 3.05) is 33.3 Å². The molecule has 1 amide bonds. The van der Waals surface area contributed by atoms with E-state index in [0.717, 1.165) is 16.7 Å². The van der Waals surface area contributed by atoms with Gasteiger partial charge in [0.2, 0.25) is 0 Å². The van der Waals surface area contributed by atoms with Crippen molar-refractivity contribution in [2.24, 2.45) is 0 Å². The van der Waals surface area contributed by atoms with Gasteiger partial charge in [-0.25, -0.2) is 4.79 Å². The molecule has 5 aromatic rings. The standard InChI is InChI=1S/C39H39N3O8/c1-25-23-42(38(45)41-35(25)40-36(44)26-11-7-5-8-12-26)37-34(48-4)33(43)32(50-37)24-49-39(27-13-9-6-10-14-27,28-15-19-30(46-2)20-16-28)29-17-21-31(47-3)22-18-29/h5-23,32-34,37,43H,24H2,1-4H3,(H,40,41,44,45)/t32-,33-,34-,37-/m1/s1. The molecule has 0 saturated carbocycles. The van der Waals surface area contributed by atoms with Gasteiger partial charge in [-0.3, -0.25) is 9.36 Å². The third kappa shape index (κ3) is 6.76. The lowest BCUT2D eigenvalue weighted by Gasteiger charge is -2.37. The molecule has 1 aliphatic heterocycles. The zero-order valence-corrected chi connectivity index (χ0v) is 28.2. The molecule has 1 aromatic heterocycles. The molecule has 0 radical (unpaired) electrons. The molecule has 11 heteroatoms. The number of aliphatic hydroxyl groups is 1. The van der Waals surface area contributed by atoms with Crippen molar-refractivity contribution in [1.82, 2.24) is 9.55 Å². The van der Waals surface area contributed by atoms with Crippen LogP contribution in [-0.2, 0) is 19.8 Å². The lowest BCUT2D eigenvalue weighted by atomic mass is 9.80. The van der Waals surface area contributed by atoms with Crippen LogP contribution in [0, 0.1) is 6.92 Å². The number of benzene rings is 4. The number of aromatic nitrogens is 2. The lowest BCUT2D eigenvalue weighted by molar-refractivity contribution is -0.0967. The van der Waals surface area contributed by atoms with Crippen molar-refractivity contribution >= 4 is 11.7 Å². The Hall–Kier alpha value is -5.33. The summed E-state index contributed by atoms with van der Waals surface area (Å²) in [5.41, 5.74) is 1.57. The predicted molar refractivity (Wildman–Crippen MR) is 187 cm³/mol. The lowest BCUT2D eigenvalue weighted by Crippen LogP contribution is -2.40. The van der Waals surface area contributed by atoms with Gasteiger partial charge < -0.3 is 34.1 Å². The van der Waals surface area contributed by atoms with Gasteiger partial charge in [0.25, 0.3) is 5.91 Å². The van der Waals surface area contributed by atoms with E-state index in [-0.39, 0.29) is 12.4 Å². The van der Waals surface area contributed by atoms with Gasteiger partial charge in [-0.05, 0) is 60.0 Å². The van der Waals surface area contributed by atoms with Crippen LogP contribution in [-0.4, -0.2) is 66.8 Å². The Morgan fingerprint density at radius 3 is 1.92 bits per heavy atom.